The van der Waals surface area contributed by atoms with Crippen molar-refractivity contribution in [1.82, 2.24) is 10.2 Å². The number of nitrogens with zero attached hydrogens (tertiary/aromatic N) is 1. The van der Waals surface area contributed by atoms with Crippen molar-refractivity contribution in [3.8, 4) is 0 Å². The first-order chi connectivity index (χ1) is 6.59. The Morgan fingerprint density at radius 1 is 1.79 bits per heavy atom. The van der Waals surface area contributed by atoms with E-state index < -0.39 is 12.0 Å². The molecule has 0 spiro atoms. The summed E-state index contributed by atoms with van der Waals surface area (Å²) >= 11 is 0. The van der Waals surface area contributed by atoms with E-state index in [-0.39, 0.29) is 0 Å². The van der Waals surface area contributed by atoms with Gasteiger partial charge < -0.3 is 21.1 Å². The van der Waals surface area contributed by atoms with Gasteiger partial charge in [0.2, 0.25) is 0 Å². The van der Waals surface area contributed by atoms with E-state index in [4.69, 9.17) is 10.8 Å². The van der Waals surface area contributed by atoms with Crippen LogP contribution in [-0.4, -0.2) is 54.7 Å². The molecule has 1 rings (SSSR count). The summed E-state index contributed by atoms with van der Waals surface area (Å²) in [6.07, 6.45) is 2.27. The van der Waals surface area contributed by atoms with Gasteiger partial charge in [-0.1, -0.05) is 0 Å². The lowest BCUT2D eigenvalue weighted by atomic mass is 10.1. The molecule has 4 N–H and O–H groups in total. The summed E-state index contributed by atoms with van der Waals surface area (Å²) in [6.45, 7) is 2.46. The van der Waals surface area contributed by atoms with Gasteiger partial charge in [-0.2, -0.15) is 0 Å². The van der Waals surface area contributed by atoms with Gasteiger partial charge >= 0.3 is 5.97 Å². The number of hydrogen-bond acceptors (Lipinski definition) is 4. The van der Waals surface area contributed by atoms with Crippen LogP contribution in [0.5, 0.6) is 0 Å². The number of aliphatic carboxylic acids is 1. The second kappa shape index (κ2) is 5.29. The Morgan fingerprint density at radius 2 is 2.50 bits per heavy atom. The second-order valence-electron chi connectivity index (χ2n) is 3.95. The second-order valence-corrected chi connectivity index (χ2v) is 3.95. The maximum absolute atomic E-state index is 10.5. The van der Waals surface area contributed by atoms with Gasteiger partial charge in [0.15, 0.2) is 0 Å². The Hall–Kier alpha value is -0.650. The minimum atomic E-state index is -0.943. The van der Waals surface area contributed by atoms with Crippen molar-refractivity contribution in [3.05, 3.63) is 0 Å². The zero-order chi connectivity index (χ0) is 10.6. The van der Waals surface area contributed by atoms with E-state index in [1.165, 1.54) is 0 Å². The Balaban J connectivity index is 2.20. The highest BCUT2D eigenvalue weighted by molar-refractivity contribution is 5.73. The van der Waals surface area contributed by atoms with Crippen LogP contribution in [0.2, 0.25) is 0 Å². The molecule has 0 saturated carbocycles. The normalized spacial score (nSPS) is 26.0. The summed E-state index contributed by atoms with van der Waals surface area (Å²) in [4.78, 5) is 12.7. The number of piperidine rings is 1. The SMILES string of the molecule is CN1CCCC(NCC(N)C(=O)O)C1. The van der Waals surface area contributed by atoms with Crippen LogP contribution in [0.25, 0.3) is 0 Å². The lowest BCUT2D eigenvalue weighted by molar-refractivity contribution is -0.138. The molecule has 2 unspecified atom stereocenters. The Labute approximate surface area is 84.3 Å². The van der Waals surface area contributed by atoms with Gasteiger partial charge in [0.25, 0.3) is 0 Å². The van der Waals surface area contributed by atoms with E-state index >= 15 is 0 Å². The average Bonchev–Trinajstić information content (AvgIpc) is 2.14. The molecule has 0 aromatic carbocycles. The van der Waals surface area contributed by atoms with E-state index in [2.05, 4.69) is 17.3 Å². The Bertz CT molecular complexity index is 198. The monoisotopic (exact) mass is 201 g/mol. The predicted molar refractivity (Wildman–Crippen MR) is 54.1 cm³/mol. The number of nitrogens with two attached hydrogens (primary N) is 1. The quantitative estimate of drug-likeness (QED) is 0.548. The van der Waals surface area contributed by atoms with Crippen molar-refractivity contribution in [2.75, 3.05) is 26.7 Å². The third-order valence-electron chi connectivity index (χ3n) is 2.57. The topological polar surface area (TPSA) is 78.6 Å². The third-order valence-corrected chi connectivity index (χ3v) is 2.57. The van der Waals surface area contributed by atoms with Gasteiger partial charge in [0.1, 0.15) is 6.04 Å². The van der Waals surface area contributed by atoms with Crippen molar-refractivity contribution in [3.63, 3.8) is 0 Å². The van der Waals surface area contributed by atoms with Crippen LogP contribution in [0.3, 0.4) is 0 Å². The van der Waals surface area contributed by atoms with E-state index in [0.29, 0.717) is 12.6 Å². The van der Waals surface area contributed by atoms with Crippen LogP contribution in [0.15, 0.2) is 0 Å². The number of carboxylic acid groups (broad SMARTS) is 1. The number of rotatable bonds is 4. The number of hydrogen-bond donors (Lipinski definition) is 3. The summed E-state index contributed by atoms with van der Waals surface area (Å²) in [7, 11) is 2.07. The van der Waals surface area contributed by atoms with E-state index in [1.807, 2.05) is 0 Å². The molecule has 14 heavy (non-hydrogen) atoms. The molecule has 1 saturated heterocycles. The van der Waals surface area contributed by atoms with E-state index in [9.17, 15) is 4.79 Å². The zero-order valence-electron chi connectivity index (χ0n) is 8.57. The summed E-state index contributed by atoms with van der Waals surface area (Å²) < 4.78 is 0. The van der Waals surface area contributed by atoms with Crippen LogP contribution in [0, 0.1) is 0 Å². The van der Waals surface area contributed by atoms with Crippen LogP contribution >= 0.6 is 0 Å². The molecule has 0 aromatic heterocycles. The number of carboxylic acids is 1. The predicted octanol–water partition coefficient (Wildman–Crippen LogP) is -0.918. The number of likely N-dealkylation sites (tertiary alicyclic amines) is 1. The molecule has 0 bridgehead atoms. The van der Waals surface area contributed by atoms with Gasteiger partial charge in [-0.05, 0) is 26.4 Å². The van der Waals surface area contributed by atoms with Crippen molar-refractivity contribution in [2.24, 2.45) is 5.73 Å². The third kappa shape index (κ3) is 3.61. The van der Waals surface area contributed by atoms with Gasteiger partial charge in [0, 0.05) is 19.1 Å². The lowest BCUT2D eigenvalue weighted by Gasteiger charge is -2.30. The van der Waals surface area contributed by atoms with E-state index in [0.717, 1.165) is 25.9 Å². The standard InChI is InChI=1S/C9H19N3O2/c1-12-4-2-3-7(6-12)11-5-8(10)9(13)14/h7-8,11H,2-6,10H2,1H3,(H,13,14). The minimum absolute atomic E-state index is 0.355. The minimum Gasteiger partial charge on any atom is -0.480 e. The molecule has 0 radical (unpaired) electrons. The maximum atomic E-state index is 10.5. The summed E-state index contributed by atoms with van der Waals surface area (Å²) in [5, 5.41) is 11.8. The first kappa shape index (κ1) is 11.4. The number of carbonyl (C=O) groups is 1. The average molecular weight is 201 g/mol. The van der Waals surface area contributed by atoms with Crippen LogP contribution in [0.4, 0.5) is 0 Å². The largest absolute Gasteiger partial charge is 0.480 e. The summed E-state index contributed by atoms with van der Waals surface area (Å²) in [6, 6.07) is -0.401. The maximum Gasteiger partial charge on any atom is 0.321 e. The first-order valence-corrected chi connectivity index (χ1v) is 5.00. The highest BCUT2D eigenvalue weighted by Crippen LogP contribution is 2.07. The molecule has 0 amide bonds. The van der Waals surface area contributed by atoms with Crippen molar-refractivity contribution in [1.29, 1.82) is 0 Å². The molecule has 5 nitrogen and oxygen atoms in total. The molecule has 1 heterocycles. The lowest BCUT2D eigenvalue weighted by Crippen LogP contribution is -2.49. The van der Waals surface area contributed by atoms with Gasteiger partial charge in [-0.25, -0.2) is 0 Å². The van der Waals surface area contributed by atoms with Gasteiger partial charge in [-0.15, -0.1) is 0 Å². The van der Waals surface area contributed by atoms with Crippen molar-refractivity contribution in [2.45, 2.75) is 24.9 Å². The molecule has 2 atom stereocenters. The zero-order valence-corrected chi connectivity index (χ0v) is 8.57. The Kier molecular flexibility index (Phi) is 4.31. The molecule has 5 heteroatoms. The van der Waals surface area contributed by atoms with E-state index in [1.54, 1.807) is 0 Å². The molecular formula is C9H19N3O2. The fourth-order valence-corrected chi connectivity index (χ4v) is 1.71. The van der Waals surface area contributed by atoms with Crippen molar-refractivity contribution >= 4 is 5.97 Å². The fraction of sp³-hybridized carbons (Fsp3) is 0.889. The first-order valence-electron chi connectivity index (χ1n) is 5.00. The molecule has 1 aliphatic rings. The molecule has 1 fully saturated rings. The van der Waals surface area contributed by atoms with Crippen LogP contribution < -0.4 is 11.1 Å². The molecular weight excluding hydrogens is 182 g/mol. The van der Waals surface area contributed by atoms with Gasteiger partial charge in [-0.3, -0.25) is 4.79 Å². The smallest absolute Gasteiger partial charge is 0.321 e. The molecule has 0 aliphatic carbocycles. The molecule has 0 aromatic rings. The Morgan fingerprint density at radius 3 is 3.07 bits per heavy atom. The van der Waals surface area contributed by atoms with Crippen LogP contribution in [-0.2, 0) is 4.79 Å². The molecule has 1 aliphatic heterocycles. The fourth-order valence-electron chi connectivity index (χ4n) is 1.71. The summed E-state index contributed by atoms with van der Waals surface area (Å²) in [5.41, 5.74) is 5.39. The number of likely N-dealkylation sites (N-methyl/N-ethyl adjacent to an activating group) is 1. The van der Waals surface area contributed by atoms with Crippen LogP contribution in [0.1, 0.15) is 12.8 Å². The number of nitrogens with one attached hydrogen (secondary N) is 1. The highest BCUT2D eigenvalue weighted by atomic mass is 16.4. The highest BCUT2D eigenvalue weighted by Gasteiger charge is 2.18. The van der Waals surface area contributed by atoms with Gasteiger partial charge in [0.05, 0.1) is 0 Å². The van der Waals surface area contributed by atoms with Crippen molar-refractivity contribution < 1.29 is 9.90 Å². The molecule has 82 valence electrons. The summed E-state index contributed by atoms with van der Waals surface area (Å²) in [5.74, 6) is -0.943.